The summed E-state index contributed by atoms with van der Waals surface area (Å²) in [7, 11) is 0. The lowest BCUT2D eigenvalue weighted by Crippen LogP contribution is -2.46. The Labute approximate surface area is 140 Å². The normalized spacial score (nSPS) is 21.7. The van der Waals surface area contributed by atoms with Gasteiger partial charge in [0.2, 0.25) is 0 Å². The van der Waals surface area contributed by atoms with E-state index in [-0.39, 0.29) is 0 Å². The molecule has 128 valence electrons. The van der Waals surface area contributed by atoms with Crippen molar-refractivity contribution in [2.45, 2.75) is 44.8 Å². The van der Waals surface area contributed by atoms with Crippen LogP contribution in [-0.2, 0) is 6.54 Å². The molecule has 0 unspecified atom stereocenters. The minimum atomic E-state index is -0.471. The molecule has 1 aromatic carbocycles. The van der Waals surface area contributed by atoms with E-state index < -0.39 is 5.60 Å². The molecule has 1 aliphatic carbocycles. The number of rotatable bonds is 6. The van der Waals surface area contributed by atoms with Gasteiger partial charge in [0, 0.05) is 45.0 Å². The Bertz CT molecular complexity index is 491. The molecule has 0 amide bonds. The van der Waals surface area contributed by atoms with Crippen molar-refractivity contribution in [1.29, 1.82) is 0 Å². The van der Waals surface area contributed by atoms with E-state index in [0.29, 0.717) is 6.54 Å². The molecule has 4 heteroatoms. The van der Waals surface area contributed by atoms with Crippen molar-refractivity contribution in [3.05, 3.63) is 29.8 Å². The van der Waals surface area contributed by atoms with Gasteiger partial charge in [0.25, 0.3) is 0 Å². The zero-order valence-corrected chi connectivity index (χ0v) is 14.4. The van der Waals surface area contributed by atoms with Crippen molar-refractivity contribution in [1.82, 2.24) is 10.2 Å². The zero-order valence-electron chi connectivity index (χ0n) is 14.4. The highest BCUT2D eigenvalue weighted by Gasteiger charge is 2.30. The number of aliphatic hydroxyl groups is 1. The fourth-order valence-electron chi connectivity index (χ4n) is 3.91. The maximum atomic E-state index is 10.5. The van der Waals surface area contributed by atoms with Gasteiger partial charge in [-0.05, 0) is 31.0 Å². The monoisotopic (exact) mass is 317 g/mol. The van der Waals surface area contributed by atoms with Crippen molar-refractivity contribution >= 4 is 5.69 Å². The summed E-state index contributed by atoms with van der Waals surface area (Å²) in [5.74, 6) is 0. The van der Waals surface area contributed by atoms with Gasteiger partial charge >= 0.3 is 0 Å². The maximum Gasteiger partial charge on any atom is 0.0771 e. The largest absolute Gasteiger partial charge is 0.389 e. The molecule has 1 aromatic rings. The molecule has 1 aliphatic heterocycles. The number of nitrogens with one attached hydrogen (secondary N) is 1. The Morgan fingerprint density at radius 2 is 1.78 bits per heavy atom. The van der Waals surface area contributed by atoms with Crippen molar-refractivity contribution < 1.29 is 5.11 Å². The van der Waals surface area contributed by atoms with Crippen molar-refractivity contribution in [2.24, 2.45) is 0 Å². The zero-order chi connectivity index (χ0) is 16.1. The molecule has 4 nitrogen and oxygen atoms in total. The van der Waals surface area contributed by atoms with Crippen LogP contribution in [0, 0.1) is 0 Å². The van der Waals surface area contributed by atoms with Gasteiger partial charge in [0.15, 0.2) is 0 Å². The van der Waals surface area contributed by atoms with E-state index in [1.807, 2.05) is 0 Å². The summed E-state index contributed by atoms with van der Waals surface area (Å²) < 4.78 is 0. The van der Waals surface area contributed by atoms with Gasteiger partial charge in [-0.3, -0.25) is 0 Å². The molecule has 1 heterocycles. The van der Waals surface area contributed by atoms with Gasteiger partial charge < -0.3 is 20.2 Å². The average Bonchev–Trinajstić information content (AvgIpc) is 3.02. The third-order valence-electron chi connectivity index (χ3n) is 5.46. The quantitative estimate of drug-likeness (QED) is 0.844. The summed E-state index contributed by atoms with van der Waals surface area (Å²) in [5, 5.41) is 14.0. The Balaban J connectivity index is 1.57. The lowest BCUT2D eigenvalue weighted by Gasteiger charge is -2.36. The van der Waals surface area contributed by atoms with Crippen LogP contribution in [0.4, 0.5) is 5.69 Å². The van der Waals surface area contributed by atoms with Gasteiger partial charge in [-0.2, -0.15) is 0 Å². The summed E-state index contributed by atoms with van der Waals surface area (Å²) in [6.45, 7) is 9.45. The Morgan fingerprint density at radius 1 is 1.09 bits per heavy atom. The second-order valence-electron chi connectivity index (χ2n) is 7.09. The molecule has 2 fully saturated rings. The van der Waals surface area contributed by atoms with Crippen molar-refractivity contribution in [3.63, 3.8) is 0 Å². The van der Waals surface area contributed by atoms with E-state index in [1.54, 1.807) is 0 Å². The fourth-order valence-corrected chi connectivity index (χ4v) is 3.91. The summed E-state index contributed by atoms with van der Waals surface area (Å²) in [6, 6.07) is 8.71. The van der Waals surface area contributed by atoms with Crippen LogP contribution in [0.1, 0.15) is 38.2 Å². The highest BCUT2D eigenvalue weighted by Crippen LogP contribution is 2.29. The van der Waals surface area contributed by atoms with Gasteiger partial charge in [-0.15, -0.1) is 0 Å². The first-order chi connectivity index (χ1) is 11.2. The third kappa shape index (κ3) is 4.25. The first kappa shape index (κ1) is 16.7. The lowest BCUT2D eigenvalue weighted by molar-refractivity contribution is 0.0475. The van der Waals surface area contributed by atoms with E-state index in [9.17, 15) is 5.11 Å². The molecular weight excluding hydrogens is 286 g/mol. The molecule has 0 atom stereocenters. The minimum Gasteiger partial charge on any atom is -0.389 e. The summed E-state index contributed by atoms with van der Waals surface area (Å²) in [4.78, 5) is 5.01. The molecular formula is C19H31N3O. The molecule has 2 aliphatic rings. The van der Waals surface area contributed by atoms with E-state index >= 15 is 0 Å². The van der Waals surface area contributed by atoms with E-state index in [2.05, 4.69) is 46.3 Å². The summed E-state index contributed by atoms with van der Waals surface area (Å²) >= 11 is 0. The number of hydrogen-bond donors (Lipinski definition) is 2. The Hall–Kier alpha value is -1.10. The van der Waals surface area contributed by atoms with Crippen LogP contribution in [0.5, 0.6) is 0 Å². The number of para-hydroxylation sites is 1. The summed E-state index contributed by atoms with van der Waals surface area (Å²) in [5.41, 5.74) is 2.23. The summed E-state index contributed by atoms with van der Waals surface area (Å²) in [6.07, 6.45) is 4.22. The molecule has 0 radical (unpaired) electrons. The van der Waals surface area contributed by atoms with Crippen LogP contribution in [0.3, 0.4) is 0 Å². The van der Waals surface area contributed by atoms with E-state index in [4.69, 9.17) is 0 Å². The van der Waals surface area contributed by atoms with Crippen LogP contribution in [0.2, 0.25) is 0 Å². The molecule has 1 saturated carbocycles. The lowest BCUT2D eigenvalue weighted by atomic mass is 10.0. The highest BCUT2D eigenvalue weighted by atomic mass is 16.3. The molecule has 3 rings (SSSR count). The molecule has 2 N–H and O–H groups in total. The Morgan fingerprint density at radius 3 is 2.48 bits per heavy atom. The second kappa shape index (κ2) is 7.65. The number of likely N-dealkylation sites (N-methyl/N-ethyl adjacent to an activating group) is 1. The van der Waals surface area contributed by atoms with Gasteiger partial charge in [0.05, 0.1) is 5.60 Å². The number of piperazine rings is 1. The number of hydrogen-bond acceptors (Lipinski definition) is 4. The first-order valence-corrected chi connectivity index (χ1v) is 9.18. The fraction of sp³-hybridized carbons (Fsp3) is 0.684. The first-order valence-electron chi connectivity index (χ1n) is 9.18. The van der Waals surface area contributed by atoms with E-state index in [0.717, 1.165) is 65.0 Å². The molecule has 23 heavy (non-hydrogen) atoms. The Kier molecular flexibility index (Phi) is 5.57. The predicted octanol–water partition coefficient (Wildman–Crippen LogP) is 2.22. The van der Waals surface area contributed by atoms with Gasteiger partial charge in [-0.1, -0.05) is 38.0 Å². The smallest absolute Gasteiger partial charge is 0.0771 e. The van der Waals surface area contributed by atoms with Gasteiger partial charge in [0.1, 0.15) is 0 Å². The number of anilines is 1. The van der Waals surface area contributed by atoms with Gasteiger partial charge in [-0.25, -0.2) is 0 Å². The second-order valence-corrected chi connectivity index (χ2v) is 7.09. The number of benzene rings is 1. The molecule has 0 bridgehead atoms. The SMILES string of the molecule is CCN1CCN(c2ccccc2CNCC2(O)CCCC2)CC1. The number of nitrogens with zero attached hydrogens (tertiary/aromatic N) is 2. The topological polar surface area (TPSA) is 38.7 Å². The van der Waals surface area contributed by atoms with E-state index in [1.165, 1.54) is 11.3 Å². The van der Waals surface area contributed by atoms with Crippen LogP contribution in [-0.4, -0.2) is 54.9 Å². The predicted molar refractivity (Wildman–Crippen MR) is 95.9 cm³/mol. The molecule has 0 aromatic heterocycles. The molecule has 0 spiro atoms. The van der Waals surface area contributed by atoms with Crippen molar-refractivity contribution in [2.75, 3.05) is 44.2 Å². The standard InChI is InChI=1S/C19H31N3O/c1-2-21-11-13-22(14-12-21)18-8-4-3-7-17(18)15-20-16-19(23)9-5-6-10-19/h3-4,7-8,20,23H,2,5-6,9-16H2,1H3. The average molecular weight is 317 g/mol. The maximum absolute atomic E-state index is 10.5. The molecule has 1 saturated heterocycles. The van der Waals surface area contributed by atoms with Crippen LogP contribution in [0.15, 0.2) is 24.3 Å². The van der Waals surface area contributed by atoms with Crippen molar-refractivity contribution in [3.8, 4) is 0 Å². The third-order valence-corrected chi connectivity index (χ3v) is 5.46. The highest BCUT2D eigenvalue weighted by molar-refractivity contribution is 5.54. The van der Waals surface area contributed by atoms with Crippen LogP contribution in [0.25, 0.3) is 0 Å². The van der Waals surface area contributed by atoms with Crippen LogP contribution < -0.4 is 10.2 Å². The minimum absolute atomic E-state index is 0.471. The van der Waals surface area contributed by atoms with Crippen LogP contribution >= 0.6 is 0 Å².